The molecule has 3 rings (SSSR count). The van der Waals surface area contributed by atoms with E-state index in [1.807, 2.05) is 38.4 Å². The summed E-state index contributed by atoms with van der Waals surface area (Å²) in [5.41, 5.74) is -1.53. The minimum Gasteiger partial charge on any atom is -0.461 e. The molecular weight excluding hydrogens is 677 g/mol. The topological polar surface area (TPSA) is 222 Å². The van der Waals surface area contributed by atoms with E-state index in [1.54, 1.807) is 0 Å². The number of ketones is 1. The van der Waals surface area contributed by atoms with Gasteiger partial charge in [-0.3, -0.25) is 29.3 Å². The summed E-state index contributed by atoms with van der Waals surface area (Å²) in [6, 6.07) is 5.38. The molecule has 1 saturated heterocycles. The number of nitro groups is 1. The normalized spacial score (nSPS) is 17.9. The Morgan fingerprint density at radius 1 is 1.18 bits per heavy atom. The van der Waals surface area contributed by atoms with Crippen LogP contribution in [0.25, 0.3) is 0 Å². The number of benzene rings is 1. The number of ether oxygens (including phenoxy) is 3. The first-order chi connectivity index (χ1) is 23.6. The van der Waals surface area contributed by atoms with Gasteiger partial charge in [-0.1, -0.05) is 0 Å². The number of non-ortho nitro benzene ring substituents is 1. The molecule has 50 heavy (non-hydrogen) atoms. The van der Waals surface area contributed by atoms with E-state index in [4.69, 9.17) is 28.5 Å². The predicted octanol–water partition coefficient (Wildman–Crippen LogP) is 3.97. The Hall–Kier alpha value is -4.33. The smallest absolute Gasteiger partial charge is 0.338 e. The summed E-state index contributed by atoms with van der Waals surface area (Å²) in [6.45, 7) is 9.94. The van der Waals surface area contributed by atoms with E-state index in [9.17, 15) is 34.1 Å². The quantitative estimate of drug-likeness (QED) is 0.0757. The second-order valence-electron chi connectivity index (χ2n) is 12.1. The monoisotopic (exact) mass is 719 g/mol. The van der Waals surface area contributed by atoms with Crippen LogP contribution >= 0.6 is 8.53 Å². The number of aromatic amines is 1. The van der Waals surface area contributed by atoms with Crippen LogP contribution in [-0.4, -0.2) is 74.4 Å². The van der Waals surface area contributed by atoms with E-state index in [-0.39, 0.29) is 66.8 Å². The number of nitrogens with zero attached hydrogens (tertiary/aromatic N) is 4. The molecule has 0 amide bonds. The van der Waals surface area contributed by atoms with Crippen LogP contribution in [0.1, 0.15) is 88.0 Å². The number of hydrogen-bond acceptors (Lipinski definition) is 14. The Morgan fingerprint density at radius 3 is 2.50 bits per heavy atom. The van der Waals surface area contributed by atoms with Crippen molar-refractivity contribution in [2.45, 2.75) is 104 Å². The van der Waals surface area contributed by atoms with Gasteiger partial charge in [-0.15, -0.1) is 0 Å². The van der Waals surface area contributed by atoms with Gasteiger partial charge in [0.25, 0.3) is 19.8 Å². The first-order valence-electron chi connectivity index (χ1n) is 15.9. The van der Waals surface area contributed by atoms with E-state index in [2.05, 4.69) is 4.98 Å². The number of nitrogens with one attached hydrogen (secondary N) is 1. The lowest BCUT2D eigenvalue weighted by Gasteiger charge is -2.37. The largest absolute Gasteiger partial charge is 0.461 e. The van der Waals surface area contributed by atoms with Gasteiger partial charge in [0, 0.05) is 54.4 Å². The minimum absolute atomic E-state index is 0.0258. The number of rotatable bonds is 18. The van der Waals surface area contributed by atoms with Gasteiger partial charge >= 0.3 is 17.6 Å². The summed E-state index contributed by atoms with van der Waals surface area (Å²) < 4.78 is 32.7. The molecule has 1 aliphatic rings. The Balaban J connectivity index is 1.91. The number of carbonyl (C=O) groups excluding carboxylic acids is 3. The van der Waals surface area contributed by atoms with Crippen molar-refractivity contribution in [3.8, 4) is 6.07 Å². The zero-order valence-corrected chi connectivity index (χ0v) is 29.7. The van der Waals surface area contributed by atoms with Gasteiger partial charge < -0.3 is 28.1 Å². The molecule has 0 radical (unpaired) electrons. The minimum atomic E-state index is -1.79. The number of carbonyl (C=O) groups is 3. The van der Waals surface area contributed by atoms with E-state index in [0.717, 1.165) is 12.1 Å². The zero-order valence-electron chi connectivity index (χ0n) is 28.8. The summed E-state index contributed by atoms with van der Waals surface area (Å²) in [4.78, 5) is 74.7. The molecule has 17 nitrogen and oxygen atoms in total. The van der Waals surface area contributed by atoms with Gasteiger partial charge in [-0.25, -0.2) is 14.3 Å². The van der Waals surface area contributed by atoms with Crippen molar-refractivity contribution >= 4 is 31.9 Å². The van der Waals surface area contributed by atoms with Crippen molar-refractivity contribution in [3.63, 3.8) is 0 Å². The first-order valence-corrected chi connectivity index (χ1v) is 17.1. The lowest BCUT2D eigenvalue weighted by molar-refractivity contribution is -0.384. The first kappa shape index (κ1) is 40.1. The van der Waals surface area contributed by atoms with Crippen LogP contribution in [0, 0.1) is 28.4 Å². The number of aromatic nitrogens is 2. The van der Waals surface area contributed by atoms with Gasteiger partial charge in [-0.05, 0) is 47.6 Å². The Labute approximate surface area is 289 Å². The molecule has 2 aromatic rings. The summed E-state index contributed by atoms with van der Waals surface area (Å²) in [5, 5.41) is 20.6. The highest BCUT2D eigenvalue weighted by Gasteiger charge is 2.42. The maximum Gasteiger partial charge on any atom is 0.338 e. The molecule has 0 spiro atoms. The van der Waals surface area contributed by atoms with E-state index in [0.29, 0.717) is 0 Å². The number of esters is 2. The molecule has 18 heteroatoms. The average Bonchev–Trinajstić information content (AvgIpc) is 3.44. The van der Waals surface area contributed by atoms with E-state index in [1.165, 1.54) is 30.7 Å². The van der Waals surface area contributed by atoms with Crippen LogP contribution in [0.15, 0.2) is 34.0 Å². The number of H-pyrrole nitrogens is 1. The fraction of sp³-hybridized carbons (Fsp3) is 0.562. The summed E-state index contributed by atoms with van der Waals surface area (Å²) in [7, 11) is -1.79. The molecule has 0 aliphatic carbocycles. The van der Waals surface area contributed by atoms with Crippen LogP contribution < -0.4 is 11.2 Å². The highest BCUT2D eigenvalue weighted by molar-refractivity contribution is 7.44. The highest BCUT2D eigenvalue weighted by atomic mass is 31.2. The van der Waals surface area contributed by atoms with Crippen LogP contribution in [0.2, 0.25) is 0 Å². The molecular formula is C32H42N5O12P. The number of nitriles is 1. The van der Waals surface area contributed by atoms with Crippen molar-refractivity contribution in [2.24, 2.45) is 0 Å². The zero-order chi connectivity index (χ0) is 37.1. The van der Waals surface area contributed by atoms with Crippen molar-refractivity contribution in [1.82, 2.24) is 14.2 Å². The standard InChI is InChI=1S/C32H42N5O12P/c1-19(2)36(20(3)4)50(47-13-7-12-33)49-26-15-28(35-16-21(5)30(40)34-32(35)42)48-27(26)18-46-31(41)25-14-24(37(43)44)10-9-23(25)17-45-29(39)11-8-22(6)38/h9-10,14,16,19-20,26-28H,7-8,11,13,15,17-18H2,1-6H3,(H,34,40,42)/t26-,27+,28+,50?/m0/s1. The third kappa shape index (κ3) is 11.1. The predicted molar refractivity (Wildman–Crippen MR) is 178 cm³/mol. The molecule has 1 fully saturated rings. The van der Waals surface area contributed by atoms with E-state index >= 15 is 0 Å². The maximum atomic E-state index is 13.5. The fourth-order valence-electron chi connectivity index (χ4n) is 5.08. The van der Waals surface area contributed by atoms with E-state index < -0.39 is 74.0 Å². The summed E-state index contributed by atoms with van der Waals surface area (Å²) in [6.07, 6.45) is -1.41. The Bertz CT molecular complexity index is 1690. The van der Waals surface area contributed by atoms with Crippen molar-refractivity contribution in [3.05, 3.63) is 72.0 Å². The van der Waals surface area contributed by atoms with Crippen molar-refractivity contribution < 1.29 is 42.6 Å². The number of aryl methyl sites for hydroxylation is 1. The number of nitro benzene ring substituents is 1. The third-order valence-electron chi connectivity index (χ3n) is 7.50. The molecule has 1 unspecified atom stereocenters. The van der Waals surface area contributed by atoms with Gasteiger partial charge in [0.05, 0.1) is 42.1 Å². The Kier molecular flexibility index (Phi) is 14.9. The van der Waals surface area contributed by atoms with Gasteiger partial charge in [0.15, 0.2) is 0 Å². The molecule has 1 aliphatic heterocycles. The van der Waals surface area contributed by atoms with Crippen LogP contribution in [0.3, 0.4) is 0 Å². The van der Waals surface area contributed by atoms with Gasteiger partial charge in [-0.2, -0.15) is 5.26 Å². The second-order valence-corrected chi connectivity index (χ2v) is 13.5. The molecule has 1 N–H and O–H groups in total. The Morgan fingerprint density at radius 2 is 1.88 bits per heavy atom. The van der Waals surface area contributed by atoms with Crippen LogP contribution in [0.5, 0.6) is 0 Å². The van der Waals surface area contributed by atoms with Gasteiger partial charge in [0.1, 0.15) is 31.3 Å². The molecule has 0 saturated carbocycles. The van der Waals surface area contributed by atoms with Crippen LogP contribution in [-0.2, 0) is 39.5 Å². The SMILES string of the molecule is CC(=O)CCC(=O)OCc1ccc([N+](=O)[O-])cc1C(=O)OC[C@H]1O[C@@H](n2cc(C)c(=O)[nH]c2=O)C[C@@H]1OP(OCCC#N)N(C(C)C)C(C)C. The lowest BCUT2D eigenvalue weighted by Crippen LogP contribution is -2.37. The molecule has 272 valence electrons. The molecule has 1 aromatic heterocycles. The lowest BCUT2D eigenvalue weighted by atomic mass is 10.1. The third-order valence-corrected chi connectivity index (χ3v) is 9.65. The molecule has 4 atom stereocenters. The number of Topliss-reactive ketones (excluding diaryl/α,β-unsaturated/α-hetero) is 1. The molecule has 0 bridgehead atoms. The number of hydrogen-bond donors (Lipinski definition) is 1. The van der Waals surface area contributed by atoms with Crippen molar-refractivity contribution in [2.75, 3.05) is 13.2 Å². The summed E-state index contributed by atoms with van der Waals surface area (Å²) >= 11 is 0. The van der Waals surface area contributed by atoms with Gasteiger partial charge in [0.2, 0.25) is 0 Å². The average molecular weight is 720 g/mol. The molecule has 1 aromatic carbocycles. The maximum absolute atomic E-state index is 13.5. The van der Waals surface area contributed by atoms with Crippen LogP contribution in [0.4, 0.5) is 5.69 Å². The fourth-order valence-corrected chi connectivity index (χ4v) is 6.84. The summed E-state index contributed by atoms with van der Waals surface area (Å²) in [5.74, 6) is -1.88. The second kappa shape index (κ2) is 18.6. The van der Waals surface area contributed by atoms with Crippen molar-refractivity contribution in [1.29, 1.82) is 5.26 Å². The molecule has 2 heterocycles. The highest BCUT2D eigenvalue weighted by Crippen LogP contribution is 2.50.